The van der Waals surface area contributed by atoms with Crippen molar-refractivity contribution in [2.24, 2.45) is 5.73 Å². The van der Waals surface area contributed by atoms with Crippen LogP contribution in [0, 0.1) is 0 Å². The molecule has 2 heterocycles. The molecule has 0 bridgehead atoms. The smallest absolute Gasteiger partial charge is 0.0933 e. The van der Waals surface area contributed by atoms with E-state index in [1.165, 1.54) is 0 Å². The predicted octanol–water partition coefficient (Wildman–Crippen LogP) is 1.49. The molecule has 1 aromatic heterocycles. The van der Waals surface area contributed by atoms with Crippen LogP contribution in [0.15, 0.2) is 12.3 Å². The van der Waals surface area contributed by atoms with Gasteiger partial charge < -0.3 is 15.2 Å². The van der Waals surface area contributed by atoms with Crippen LogP contribution in [0.3, 0.4) is 0 Å². The Hall–Kier alpha value is -0.910. The summed E-state index contributed by atoms with van der Waals surface area (Å²) in [7, 11) is 0. The van der Waals surface area contributed by atoms with Crippen LogP contribution in [0.4, 0.5) is 0 Å². The van der Waals surface area contributed by atoms with Crippen LogP contribution in [0.5, 0.6) is 0 Å². The van der Waals surface area contributed by atoms with Crippen LogP contribution in [0.1, 0.15) is 38.4 Å². The molecule has 1 aromatic rings. The van der Waals surface area contributed by atoms with Crippen molar-refractivity contribution in [1.29, 1.82) is 0 Å². The Bertz CT molecular complexity index is 367. The third-order valence-electron chi connectivity index (χ3n) is 3.71. The largest absolute Gasteiger partial charge is 0.381 e. The summed E-state index contributed by atoms with van der Waals surface area (Å²) in [4.78, 5) is 0. The molecule has 1 fully saturated rings. The first-order valence-electron chi connectivity index (χ1n) is 6.72. The van der Waals surface area contributed by atoms with Crippen LogP contribution in [-0.4, -0.2) is 35.2 Å². The number of rotatable bonds is 5. The normalized spacial score (nSPS) is 20.8. The first-order chi connectivity index (χ1) is 8.73. The highest BCUT2D eigenvalue weighted by atomic mass is 16.5. The number of hydrogen-bond acceptors (Lipinski definition) is 4. The molecule has 0 radical (unpaired) electrons. The van der Waals surface area contributed by atoms with E-state index in [9.17, 15) is 0 Å². The molecule has 5 nitrogen and oxygen atoms in total. The van der Waals surface area contributed by atoms with Gasteiger partial charge in [0.1, 0.15) is 0 Å². The zero-order chi connectivity index (χ0) is 13.0. The number of aromatic nitrogens is 2. The number of aryl methyl sites for hydroxylation is 1. The first kappa shape index (κ1) is 13.5. The second-order valence-electron chi connectivity index (χ2n) is 4.66. The lowest BCUT2D eigenvalue weighted by Crippen LogP contribution is -2.48. The molecule has 102 valence electrons. The minimum atomic E-state index is -0.306. The van der Waals surface area contributed by atoms with E-state index in [1.54, 1.807) is 6.20 Å². The van der Waals surface area contributed by atoms with Crippen molar-refractivity contribution in [3.8, 4) is 0 Å². The van der Waals surface area contributed by atoms with E-state index in [2.05, 4.69) is 12.0 Å². The highest BCUT2D eigenvalue weighted by molar-refractivity contribution is 5.13. The quantitative estimate of drug-likeness (QED) is 0.863. The molecule has 1 aliphatic rings. The van der Waals surface area contributed by atoms with Crippen molar-refractivity contribution >= 4 is 0 Å². The first-order valence-corrected chi connectivity index (χ1v) is 6.72. The van der Waals surface area contributed by atoms with E-state index in [4.69, 9.17) is 15.2 Å². The summed E-state index contributed by atoms with van der Waals surface area (Å²) in [5, 5.41) is 4.29. The Kier molecular flexibility index (Phi) is 4.37. The maximum atomic E-state index is 6.47. The van der Waals surface area contributed by atoms with Gasteiger partial charge in [0.15, 0.2) is 0 Å². The molecular formula is C13H23N3O2. The fourth-order valence-electron chi connectivity index (χ4n) is 2.69. The lowest BCUT2D eigenvalue weighted by atomic mass is 9.84. The Balaban J connectivity index is 2.24. The highest BCUT2D eigenvalue weighted by Gasteiger charge is 2.41. The molecule has 1 aliphatic heterocycles. The fourth-order valence-corrected chi connectivity index (χ4v) is 2.69. The van der Waals surface area contributed by atoms with E-state index >= 15 is 0 Å². The van der Waals surface area contributed by atoms with E-state index in [0.717, 1.165) is 25.1 Å². The van der Waals surface area contributed by atoms with Crippen molar-refractivity contribution in [3.63, 3.8) is 0 Å². The summed E-state index contributed by atoms with van der Waals surface area (Å²) >= 11 is 0. The molecule has 0 aliphatic carbocycles. The maximum Gasteiger partial charge on any atom is 0.0933 e. The van der Waals surface area contributed by atoms with Crippen molar-refractivity contribution < 1.29 is 9.47 Å². The van der Waals surface area contributed by atoms with Gasteiger partial charge in [-0.1, -0.05) is 0 Å². The highest BCUT2D eigenvalue weighted by Crippen LogP contribution is 2.36. The molecule has 2 rings (SSSR count). The van der Waals surface area contributed by atoms with Gasteiger partial charge in [-0.05, 0) is 19.9 Å². The Morgan fingerprint density at radius 2 is 2.22 bits per heavy atom. The van der Waals surface area contributed by atoms with Crippen LogP contribution >= 0.6 is 0 Å². The Morgan fingerprint density at radius 1 is 1.50 bits per heavy atom. The number of nitrogens with two attached hydrogens (primary N) is 1. The Labute approximate surface area is 108 Å². The monoisotopic (exact) mass is 253 g/mol. The van der Waals surface area contributed by atoms with Crippen LogP contribution < -0.4 is 5.73 Å². The molecule has 0 saturated carbocycles. The topological polar surface area (TPSA) is 62.3 Å². The van der Waals surface area contributed by atoms with Gasteiger partial charge in [-0.2, -0.15) is 5.10 Å². The van der Waals surface area contributed by atoms with Gasteiger partial charge >= 0.3 is 0 Å². The van der Waals surface area contributed by atoms with Gasteiger partial charge in [-0.25, -0.2) is 0 Å². The molecule has 0 aromatic carbocycles. The van der Waals surface area contributed by atoms with Crippen molar-refractivity contribution in [2.45, 2.75) is 44.9 Å². The standard InChI is InChI=1S/C13H23N3O2/c1-3-16-11(5-8-15-16)12(14)13(18-4-2)6-9-17-10-7-13/h5,8,12H,3-4,6-7,9-10,14H2,1-2H3. The molecule has 18 heavy (non-hydrogen) atoms. The summed E-state index contributed by atoms with van der Waals surface area (Å²) < 4.78 is 13.4. The van der Waals surface area contributed by atoms with E-state index in [-0.39, 0.29) is 11.6 Å². The van der Waals surface area contributed by atoms with Crippen LogP contribution in [-0.2, 0) is 16.0 Å². The molecule has 2 N–H and O–H groups in total. The third kappa shape index (κ3) is 2.43. The molecule has 0 spiro atoms. The summed E-state index contributed by atoms with van der Waals surface area (Å²) in [5.74, 6) is 0. The summed E-state index contributed by atoms with van der Waals surface area (Å²) in [6.07, 6.45) is 3.49. The average molecular weight is 253 g/mol. The molecule has 1 atom stereocenters. The third-order valence-corrected chi connectivity index (χ3v) is 3.71. The molecule has 1 saturated heterocycles. The fraction of sp³-hybridized carbons (Fsp3) is 0.769. The van der Waals surface area contributed by atoms with E-state index < -0.39 is 0 Å². The summed E-state index contributed by atoms with van der Waals surface area (Å²) in [6.45, 7) is 7.02. The second-order valence-corrected chi connectivity index (χ2v) is 4.66. The van der Waals surface area contributed by atoms with Gasteiger partial charge in [-0.15, -0.1) is 0 Å². The molecule has 0 amide bonds. The second kappa shape index (κ2) is 5.82. The Morgan fingerprint density at radius 3 is 2.83 bits per heavy atom. The SMILES string of the molecule is CCOC1(C(N)c2ccnn2CC)CCOCC1. The number of ether oxygens (including phenoxy) is 2. The van der Waals surface area contributed by atoms with Gasteiger partial charge in [0.2, 0.25) is 0 Å². The van der Waals surface area contributed by atoms with E-state index in [0.29, 0.717) is 19.8 Å². The van der Waals surface area contributed by atoms with Gasteiger partial charge in [-0.3, -0.25) is 4.68 Å². The van der Waals surface area contributed by atoms with Crippen molar-refractivity contribution in [3.05, 3.63) is 18.0 Å². The van der Waals surface area contributed by atoms with Crippen molar-refractivity contribution in [1.82, 2.24) is 9.78 Å². The minimum absolute atomic E-state index is 0.149. The van der Waals surface area contributed by atoms with Gasteiger partial charge in [0, 0.05) is 45.4 Å². The van der Waals surface area contributed by atoms with Gasteiger partial charge in [0.05, 0.1) is 17.3 Å². The zero-order valence-electron chi connectivity index (χ0n) is 11.3. The van der Waals surface area contributed by atoms with E-state index in [1.807, 2.05) is 17.7 Å². The van der Waals surface area contributed by atoms with Crippen molar-refractivity contribution in [2.75, 3.05) is 19.8 Å². The summed E-state index contributed by atoms with van der Waals surface area (Å²) in [5.41, 5.74) is 7.21. The summed E-state index contributed by atoms with van der Waals surface area (Å²) in [6, 6.07) is 1.84. The maximum absolute atomic E-state index is 6.47. The lowest BCUT2D eigenvalue weighted by molar-refractivity contribution is -0.122. The predicted molar refractivity (Wildman–Crippen MR) is 69.2 cm³/mol. The molecule has 1 unspecified atom stereocenters. The lowest BCUT2D eigenvalue weighted by Gasteiger charge is -2.41. The zero-order valence-corrected chi connectivity index (χ0v) is 11.3. The van der Waals surface area contributed by atoms with Crippen LogP contribution in [0.25, 0.3) is 0 Å². The average Bonchev–Trinajstić information content (AvgIpc) is 2.87. The number of nitrogens with zero attached hydrogens (tertiary/aromatic N) is 2. The number of hydrogen-bond donors (Lipinski definition) is 1. The molecular weight excluding hydrogens is 230 g/mol. The molecule has 5 heteroatoms. The van der Waals surface area contributed by atoms with Crippen LogP contribution in [0.2, 0.25) is 0 Å². The van der Waals surface area contributed by atoms with Gasteiger partial charge in [0.25, 0.3) is 0 Å². The minimum Gasteiger partial charge on any atom is -0.381 e.